The fourth-order valence-corrected chi connectivity index (χ4v) is 2.32. The lowest BCUT2D eigenvalue weighted by Gasteiger charge is -2.29. The molecule has 15 heavy (non-hydrogen) atoms. The number of cyclic esters (lactones) is 1. The van der Waals surface area contributed by atoms with Crippen LogP contribution in [0.4, 0.5) is 0 Å². The Morgan fingerprint density at radius 2 is 2.00 bits per heavy atom. The molecule has 4 heteroatoms. The van der Waals surface area contributed by atoms with Crippen LogP contribution >= 0.6 is 0 Å². The van der Waals surface area contributed by atoms with Gasteiger partial charge in [0.15, 0.2) is 6.10 Å². The molecule has 0 aromatic carbocycles. The Kier molecular flexibility index (Phi) is 3.59. The van der Waals surface area contributed by atoms with Gasteiger partial charge in [-0.2, -0.15) is 0 Å². The van der Waals surface area contributed by atoms with Crippen LogP contribution in [0.2, 0.25) is 0 Å². The Hall–Kier alpha value is -0.610. The van der Waals surface area contributed by atoms with E-state index >= 15 is 0 Å². The van der Waals surface area contributed by atoms with Crippen LogP contribution in [0.1, 0.15) is 32.1 Å². The second kappa shape index (κ2) is 4.94. The van der Waals surface area contributed by atoms with E-state index in [0.29, 0.717) is 12.6 Å². The molecule has 0 radical (unpaired) electrons. The van der Waals surface area contributed by atoms with E-state index in [1.54, 1.807) is 0 Å². The van der Waals surface area contributed by atoms with Gasteiger partial charge in [0.05, 0.1) is 12.7 Å². The summed E-state index contributed by atoms with van der Waals surface area (Å²) in [6, 6.07) is 0.625. The van der Waals surface area contributed by atoms with Crippen LogP contribution < -0.4 is 5.32 Å². The van der Waals surface area contributed by atoms with E-state index in [9.17, 15) is 4.79 Å². The summed E-state index contributed by atoms with van der Waals surface area (Å²) in [6.07, 6.45) is 5.08. The zero-order valence-electron chi connectivity index (χ0n) is 9.20. The molecular formula is C11H19NO3. The lowest BCUT2D eigenvalue weighted by molar-refractivity contribution is -0.151. The minimum Gasteiger partial charge on any atom is -0.464 e. The maximum Gasteiger partial charge on any atom is 0.335 e. The third-order valence-electron chi connectivity index (χ3n) is 3.33. The second-order valence-electron chi connectivity index (χ2n) is 4.34. The average Bonchev–Trinajstić information content (AvgIpc) is 2.66. The molecule has 1 heterocycles. The first kappa shape index (κ1) is 10.9. The van der Waals surface area contributed by atoms with E-state index in [2.05, 4.69) is 5.32 Å². The first-order valence-corrected chi connectivity index (χ1v) is 5.79. The molecule has 1 saturated heterocycles. The molecule has 1 N–H and O–H groups in total. The number of nitrogens with one attached hydrogen (secondary N) is 1. The third-order valence-corrected chi connectivity index (χ3v) is 3.33. The van der Waals surface area contributed by atoms with Gasteiger partial charge in [0.25, 0.3) is 0 Å². The number of hydrogen-bond acceptors (Lipinski definition) is 4. The smallest absolute Gasteiger partial charge is 0.335 e. The van der Waals surface area contributed by atoms with Crippen molar-refractivity contribution in [2.24, 2.45) is 0 Å². The quantitative estimate of drug-likeness (QED) is 0.706. The predicted molar refractivity (Wildman–Crippen MR) is 55.6 cm³/mol. The molecule has 1 atom stereocenters. The van der Waals surface area contributed by atoms with Gasteiger partial charge in [0, 0.05) is 12.5 Å². The van der Waals surface area contributed by atoms with E-state index in [0.717, 1.165) is 32.1 Å². The molecule has 1 aliphatic carbocycles. The summed E-state index contributed by atoms with van der Waals surface area (Å²) in [4.78, 5) is 11.2. The predicted octanol–water partition coefficient (Wildman–Crippen LogP) is 0.849. The summed E-state index contributed by atoms with van der Waals surface area (Å²) < 4.78 is 10.6. The van der Waals surface area contributed by atoms with E-state index in [-0.39, 0.29) is 18.2 Å². The van der Waals surface area contributed by atoms with E-state index < -0.39 is 0 Å². The average molecular weight is 213 g/mol. The fraction of sp³-hybridized carbons (Fsp3) is 0.909. The van der Waals surface area contributed by atoms with Crippen molar-refractivity contribution in [2.75, 3.05) is 13.7 Å². The molecule has 1 saturated carbocycles. The number of carbonyl (C=O) groups is 1. The SMILES string of the molecule is CNC1CCC(OC2CCOC2=O)CC1. The van der Waals surface area contributed by atoms with Gasteiger partial charge < -0.3 is 14.8 Å². The Bertz CT molecular complexity index is 224. The topological polar surface area (TPSA) is 47.6 Å². The third kappa shape index (κ3) is 2.69. The first-order chi connectivity index (χ1) is 7.29. The Morgan fingerprint density at radius 1 is 1.27 bits per heavy atom. The number of ether oxygens (including phenoxy) is 2. The molecule has 1 unspecified atom stereocenters. The lowest BCUT2D eigenvalue weighted by Crippen LogP contribution is -2.35. The molecule has 0 spiro atoms. The lowest BCUT2D eigenvalue weighted by atomic mass is 9.93. The zero-order valence-corrected chi connectivity index (χ0v) is 9.20. The minimum atomic E-state index is -0.291. The Labute approximate surface area is 90.3 Å². The van der Waals surface area contributed by atoms with Crippen molar-refractivity contribution in [3.63, 3.8) is 0 Å². The van der Waals surface area contributed by atoms with Crippen LogP contribution in [0, 0.1) is 0 Å². The molecule has 2 fully saturated rings. The maximum atomic E-state index is 11.2. The van der Waals surface area contributed by atoms with Crippen molar-refractivity contribution in [2.45, 2.75) is 50.4 Å². The standard InChI is InChI=1S/C11H19NO3/c1-12-8-2-4-9(5-3-8)15-10-6-7-14-11(10)13/h8-10,12H,2-7H2,1H3. The van der Waals surface area contributed by atoms with Crippen LogP contribution in [0.25, 0.3) is 0 Å². The molecule has 0 bridgehead atoms. The zero-order chi connectivity index (χ0) is 10.7. The molecule has 4 nitrogen and oxygen atoms in total. The Balaban J connectivity index is 1.74. The van der Waals surface area contributed by atoms with Gasteiger partial charge in [-0.15, -0.1) is 0 Å². The summed E-state index contributed by atoms with van der Waals surface area (Å²) in [6.45, 7) is 0.523. The van der Waals surface area contributed by atoms with Gasteiger partial charge in [-0.1, -0.05) is 0 Å². The van der Waals surface area contributed by atoms with Gasteiger partial charge in [-0.05, 0) is 32.7 Å². The van der Waals surface area contributed by atoms with E-state index in [1.807, 2.05) is 7.05 Å². The Morgan fingerprint density at radius 3 is 2.53 bits per heavy atom. The first-order valence-electron chi connectivity index (χ1n) is 5.79. The molecular weight excluding hydrogens is 194 g/mol. The molecule has 2 aliphatic rings. The van der Waals surface area contributed by atoms with E-state index in [1.165, 1.54) is 0 Å². The minimum absolute atomic E-state index is 0.175. The summed E-state index contributed by atoms with van der Waals surface area (Å²) in [7, 11) is 2.00. The molecule has 86 valence electrons. The molecule has 0 aromatic rings. The second-order valence-corrected chi connectivity index (χ2v) is 4.34. The number of esters is 1. The van der Waals surface area contributed by atoms with Crippen molar-refractivity contribution in [3.05, 3.63) is 0 Å². The van der Waals surface area contributed by atoms with E-state index in [4.69, 9.17) is 9.47 Å². The van der Waals surface area contributed by atoms with Crippen molar-refractivity contribution in [1.29, 1.82) is 0 Å². The number of hydrogen-bond donors (Lipinski definition) is 1. The highest BCUT2D eigenvalue weighted by molar-refractivity contribution is 5.76. The number of rotatable bonds is 3. The highest BCUT2D eigenvalue weighted by Crippen LogP contribution is 2.24. The molecule has 1 aliphatic heterocycles. The summed E-state index contributed by atoms with van der Waals surface area (Å²) in [5.74, 6) is -0.175. The molecule has 2 rings (SSSR count). The van der Waals surface area contributed by atoms with Crippen molar-refractivity contribution >= 4 is 5.97 Å². The van der Waals surface area contributed by atoms with Crippen LogP contribution in [-0.2, 0) is 14.3 Å². The van der Waals surface area contributed by atoms with Gasteiger partial charge in [-0.3, -0.25) is 0 Å². The van der Waals surface area contributed by atoms with Crippen LogP contribution in [0.15, 0.2) is 0 Å². The highest BCUT2D eigenvalue weighted by Gasteiger charge is 2.31. The van der Waals surface area contributed by atoms with Crippen molar-refractivity contribution in [1.82, 2.24) is 5.32 Å². The molecule has 0 aromatic heterocycles. The van der Waals surface area contributed by atoms with Gasteiger partial charge in [-0.25, -0.2) is 4.79 Å². The number of carbonyl (C=O) groups excluding carboxylic acids is 1. The monoisotopic (exact) mass is 213 g/mol. The summed E-state index contributed by atoms with van der Waals surface area (Å²) in [5.41, 5.74) is 0. The van der Waals surface area contributed by atoms with Gasteiger partial charge in [0.1, 0.15) is 0 Å². The molecule has 0 amide bonds. The van der Waals surface area contributed by atoms with Crippen molar-refractivity contribution in [3.8, 4) is 0 Å². The largest absolute Gasteiger partial charge is 0.464 e. The van der Waals surface area contributed by atoms with Gasteiger partial charge in [0.2, 0.25) is 0 Å². The van der Waals surface area contributed by atoms with Crippen LogP contribution in [-0.4, -0.2) is 37.9 Å². The maximum absolute atomic E-state index is 11.2. The highest BCUT2D eigenvalue weighted by atomic mass is 16.6. The van der Waals surface area contributed by atoms with Crippen LogP contribution in [0.5, 0.6) is 0 Å². The summed E-state index contributed by atoms with van der Waals surface area (Å²) >= 11 is 0. The van der Waals surface area contributed by atoms with Gasteiger partial charge >= 0.3 is 5.97 Å². The summed E-state index contributed by atoms with van der Waals surface area (Å²) in [5, 5.41) is 3.28. The fourth-order valence-electron chi connectivity index (χ4n) is 2.32. The van der Waals surface area contributed by atoms with Crippen molar-refractivity contribution < 1.29 is 14.3 Å². The van der Waals surface area contributed by atoms with Crippen LogP contribution in [0.3, 0.4) is 0 Å². The normalized spacial score (nSPS) is 36.6.